The molecular weight excluding hydrogens is 316 g/mol. The molecule has 3 rings (SSSR count). The number of aliphatic carboxylic acids is 1. The Morgan fingerprint density at radius 3 is 2.44 bits per heavy atom. The molecule has 1 saturated carbocycles. The maximum atomic E-state index is 12.5. The number of carboxylic acids is 1. The van der Waals surface area contributed by atoms with Crippen molar-refractivity contribution < 1.29 is 14.7 Å². The van der Waals surface area contributed by atoms with Gasteiger partial charge in [-0.05, 0) is 31.4 Å². The largest absolute Gasteiger partial charge is 0.481 e. The van der Waals surface area contributed by atoms with Crippen LogP contribution in [0.4, 0.5) is 5.69 Å². The highest BCUT2D eigenvalue weighted by Crippen LogP contribution is 2.38. The molecule has 2 N–H and O–H groups in total. The van der Waals surface area contributed by atoms with E-state index in [1.54, 1.807) is 0 Å². The van der Waals surface area contributed by atoms with Crippen LogP contribution in [0, 0.1) is 5.41 Å². The number of anilines is 1. The molecular formula is C20H28N2O3. The molecule has 25 heavy (non-hydrogen) atoms. The molecule has 1 aliphatic carbocycles. The second kappa shape index (κ2) is 7.89. The number of para-hydroxylation sites is 1. The van der Waals surface area contributed by atoms with Gasteiger partial charge in [0.1, 0.15) is 0 Å². The molecule has 0 bridgehead atoms. The number of benzene rings is 1. The van der Waals surface area contributed by atoms with Gasteiger partial charge in [0.25, 0.3) is 0 Å². The van der Waals surface area contributed by atoms with Gasteiger partial charge in [-0.25, -0.2) is 0 Å². The van der Waals surface area contributed by atoms with Gasteiger partial charge in [-0.2, -0.15) is 0 Å². The molecule has 5 nitrogen and oxygen atoms in total. The number of carbonyl (C=O) groups excluding carboxylic acids is 1. The molecule has 2 aliphatic rings. The van der Waals surface area contributed by atoms with Crippen LogP contribution in [-0.2, 0) is 9.59 Å². The van der Waals surface area contributed by atoms with E-state index in [4.69, 9.17) is 0 Å². The van der Waals surface area contributed by atoms with E-state index < -0.39 is 11.4 Å². The van der Waals surface area contributed by atoms with Crippen LogP contribution >= 0.6 is 0 Å². The van der Waals surface area contributed by atoms with Gasteiger partial charge in [0.2, 0.25) is 5.91 Å². The van der Waals surface area contributed by atoms with Gasteiger partial charge in [0, 0.05) is 31.2 Å². The normalized spacial score (nSPS) is 23.0. The fourth-order valence-electron chi connectivity index (χ4n) is 4.21. The Morgan fingerprint density at radius 2 is 1.80 bits per heavy atom. The molecule has 1 atom stereocenters. The van der Waals surface area contributed by atoms with Crippen molar-refractivity contribution in [1.29, 1.82) is 0 Å². The van der Waals surface area contributed by atoms with Crippen LogP contribution < -0.4 is 10.2 Å². The minimum absolute atomic E-state index is 0.101. The molecule has 0 aromatic heterocycles. The van der Waals surface area contributed by atoms with Crippen LogP contribution in [0.1, 0.15) is 51.4 Å². The van der Waals surface area contributed by atoms with E-state index in [0.717, 1.165) is 45.2 Å². The third kappa shape index (κ3) is 4.33. The molecule has 1 heterocycles. The minimum atomic E-state index is -0.863. The first-order valence-corrected chi connectivity index (χ1v) is 9.42. The second-order valence-corrected chi connectivity index (χ2v) is 7.51. The summed E-state index contributed by atoms with van der Waals surface area (Å²) in [6.07, 6.45) is 6.23. The summed E-state index contributed by atoms with van der Waals surface area (Å²) in [5.74, 6) is -0.911. The highest BCUT2D eigenvalue weighted by molar-refractivity contribution is 5.85. The predicted molar refractivity (Wildman–Crippen MR) is 97.6 cm³/mol. The lowest BCUT2D eigenvalue weighted by molar-refractivity contribution is -0.153. The van der Waals surface area contributed by atoms with E-state index in [2.05, 4.69) is 22.3 Å². The van der Waals surface area contributed by atoms with Crippen LogP contribution in [0.25, 0.3) is 0 Å². The van der Waals surface area contributed by atoms with Crippen LogP contribution in [-0.4, -0.2) is 36.1 Å². The molecule has 1 aromatic carbocycles. The number of rotatable bonds is 5. The first-order valence-electron chi connectivity index (χ1n) is 9.42. The summed E-state index contributed by atoms with van der Waals surface area (Å²) in [4.78, 5) is 26.7. The zero-order valence-electron chi connectivity index (χ0n) is 14.7. The van der Waals surface area contributed by atoms with Gasteiger partial charge in [-0.1, -0.05) is 43.9 Å². The molecule has 0 radical (unpaired) electrons. The number of hydrogen-bond donors (Lipinski definition) is 2. The molecule has 1 aromatic rings. The third-order valence-corrected chi connectivity index (χ3v) is 5.69. The number of amides is 1. The standard InChI is InChI=1S/C20H28N2O3/c23-18(14-20(19(24)25)11-6-1-2-7-12-20)21-16-10-13-22(15-16)17-8-4-3-5-9-17/h3-5,8-9,16H,1-2,6-7,10-15H2,(H,21,23)(H,24,25). The molecule has 1 unspecified atom stereocenters. The molecule has 5 heteroatoms. The Morgan fingerprint density at radius 1 is 1.12 bits per heavy atom. The van der Waals surface area contributed by atoms with Crippen LogP contribution in [0.5, 0.6) is 0 Å². The number of hydrogen-bond acceptors (Lipinski definition) is 3. The van der Waals surface area contributed by atoms with Crippen LogP contribution in [0.3, 0.4) is 0 Å². The zero-order chi connectivity index (χ0) is 17.7. The Kier molecular flexibility index (Phi) is 5.61. The Bertz CT molecular complexity index is 594. The van der Waals surface area contributed by atoms with Gasteiger partial charge in [0.15, 0.2) is 0 Å². The summed E-state index contributed by atoms with van der Waals surface area (Å²) in [5.41, 5.74) is 0.309. The topological polar surface area (TPSA) is 69.6 Å². The lowest BCUT2D eigenvalue weighted by atomic mass is 9.77. The molecule has 1 aliphatic heterocycles. The second-order valence-electron chi connectivity index (χ2n) is 7.51. The zero-order valence-corrected chi connectivity index (χ0v) is 14.7. The van der Waals surface area contributed by atoms with Gasteiger partial charge in [0.05, 0.1) is 5.41 Å². The van der Waals surface area contributed by atoms with Crippen molar-refractivity contribution in [2.24, 2.45) is 5.41 Å². The summed E-state index contributed by atoms with van der Waals surface area (Å²) in [6.45, 7) is 1.70. The van der Waals surface area contributed by atoms with Crippen molar-refractivity contribution in [3.63, 3.8) is 0 Å². The number of carboxylic acid groups (broad SMARTS) is 1. The quantitative estimate of drug-likeness (QED) is 0.805. The Balaban J connectivity index is 1.56. The minimum Gasteiger partial charge on any atom is -0.481 e. The summed E-state index contributed by atoms with van der Waals surface area (Å²) in [7, 11) is 0. The smallest absolute Gasteiger partial charge is 0.310 e. The summed E-state index contributed by atoms with van der Waals surface area (Å²) < 4.78 is 0. The van der Waals surface area contributed by atoms with Gasteiger partial charge in [-0.3, -0.25) is 9.59 Å². The molecule has 0 spiro atoms. The van der Waals surface area contributed by atoms with Crippen LogP contribution in [0.2, 0.25) is 0 Å². The maximum absolute atomic E-state index is 12.5. The van der Waals surface area contributed by atoms with E-state index in [-0.39, 0.29) is 18.4 Å². The lowest BCUT2D eigenvalue weighted by Gasteiger charge is -2.28. The lowest BCUT2D eigenvalue weighted by Crippen LogP contribution is -2.42. The van der Waals surface area contributed by atoms with E-state index in [1.807, 2.05) is 18.2 Å². The monoisotopic (exact) mass is 344 g/mol. The summed E-state index contributed by atoms with van der Waals surface area (Å²) in [6, 6.07) is 10.3. The number of nitrogens with one attached hydrogen (secondary N) is 1. The Hall–Kier alpha value is -2.04. The van der Waals surface area contributed by atoms with Crippen molar-refractivity contribution in [2.45, 2.75) is 57.4 Å². The molecule has 1 amide bonds. The Labute approximate surface area is 149 Å². The highest BCUT2D eigenvalue weighted by Gasteiger charge is 2.41. The maximum Gasteiger partial charge on any atom is 0.310 e. The highest BCUT2D eigenvalue weighted by atomic mass is 16.4. The van der Waals surface area contributed by atoms with Crippen molar-refractivity contribution >= 4 is 17.6 Å². The van der Waals surface area contributed by atoms with Crippen molar-refractivity contribution in [3.8, 4) is 0 Å². The van der Waals surface area contributed by atoms with Gasteiger partial charge < -0.3 is 15.3 Å². The van der Waals surface area contributed by atoms with E-state index in [9.17, 15) is 14.7 Å². The number of nitrogens with zero attached hydrogens (tertiary/aromatic N) is 1. The SMILES string of the molecule is O=C(CC1(C(=O)O)CCCCCC1)NC1CCN(c2ccccc2)C1. The average Bonchev–Trinajstić information content (AvgIpc) is 2.93. The first-order chi connectivity index (χ1) is 12.1. The number of carbonyl (C=O) groups is 2. The van der Waals surface area contributed by atoms with Crippen molar-refractivity contribution in [3.05, 3.63) is 30.3 Å². The van der Waals surface area contributed by atoms with Gasteiger partial charge in [-0.15, -0.1) is 0 Å². The average molecular weight is 344 g/mol. The van der Waals surface area contributed by atoms with E-state index in [0.29, 0.717) is 12.8 Å². The van der Waals surface area contributed by atoms with E-state index in [1.165, 1.54) is 5.69 Å². The van der Waals surface area contributed by atoms with E-state index >= 15 is 0 Å². The fraction of sp³-hybridized carbons (Fsp3) is 0.600. The molecule has 1 saturated heterocycles. The van der Waals surface area contributed by atoms with Crippen LogP contribution in [0.15, 0.2) is 30.3 Å². The molecule has 136 valence electrons. The van der Waals surface area contributed by atoms with Crippen molar-refractivity contribution in [2.75, 3.05) is 18.0 Å². The first kappa shape index (κ1) is 17.8. The van der Waals surface area contributed by atoms with Gasteiger partial charge >= 0.3 is 5.97 Å². The predicted octanol–water partition coefficient (Wildman–Crippen LogP) is 3.20. The summed E-state index contributed by atoms with van der Waals surface area (Å²) >= 11 is 0. The summed E-state index contributed by atoms with van der Waals surface area (Å²) in [5, 5.41) is 12.8. The third-order valence-electron chi connectivity index (χ3n) is 5.69. The fourth-order valence-corrected chi connectivity index (χ4v) is 4.21. The van der Waals surface area contributed by atoms with Crippen molar-refractivity contribution in [1.82, 2.24) is 5.32 Å². The molecule has 2 fully saturated rings.